The number of aromatic hydroxyl groups is 1. The highest BCUT2D eigenvalue weighted by Gasteiger charge is 2.27. The van der Waals surface area contributed by atoms with Crippen molar-refractivity contribution >= 4 is 12.6 Å². The summed E-state index contributed by atoms with van der Waals surface area (Å²) in [5, 5.41) is 27.3. The Hall–Kier alpha value is -0.995. The van der Waals surface area contributed by atoms with Crippen molar-refractivity contribution in [3.8, 4) is 5.75 Å². The van der Waals surface area contributed by atoms with Crippen LogP contribution in [0.3, 0.4) is 0 Å². The number of benzene rings is 1. The zero-order chi connectivity index (χ0) is 9.42. The number of phenolic OH excluding ortho intramolecular Hbond substituents is 1. The largest absolute Gasteiger partial charge is 0.508 e. The average molecular weight is 178 g/mol. The van der Waals surface area contributed by atoms with Crippen LogP contribution in [0.25, 0.3) is 0 Å². The molecule has 1 aliphatic rings. The number of rotatable bonds is 2. The van der Waals surface area contributed by atoms with E-state index in [1.165, 1.54) is 12.1 Å². The van der Waals surface area contributed by atoms with Crippen molar-refractivity contribution in [2.75, 3.05) is 0 Å². The molecule has 1 saturated carbocycles. The van der Waals surface area contributed by atoms with Crippen molar-refractivity contribution in [3.05, 3.63) is 23.8 Å². The van der Waals surface area contributed by atoms with E-state index in [0.717, 1.165) is 18.4 Å². The number of hydrogen-bond acceptors (Lipinski definition) is 3. The third kappa shape index (κ3) is 1.69. The maximum Gasteiger partial charge on any atom is 0.488 e. The minimum absolute atomic E-state index is 0.256. The maximum absolute atomic E-state index is 9.46. The van der Waals surface area contributed by atoms with Gasteiger partial charge in [-0.2, -0.15) is 0 Å². The molecule has 3 nitrogen and oxygen atoms in total. The highest BCUT2D eigenvalue weighted by molar-refractivity contribution is 6.58. The fourth-order valence-corrected chi connectivity index (χ4v) is 1.45. The van der Waals surface area contributed by atoms with Crippen molar-refractivity contribution < 1.29 is 15.2 Å². The Bertz CT molecular complexity index is 321. The Labute approximate surface area is 76.8 Å². The first-order valence-corrected chi connectivity index (χ1v) is 4.37. The quantitative estimate of drug-likeness (QED) is 0.556. The third-order valence-electron chi connectivity index (χ3n) is 2.37. The van der Waals surface area contributed by atoms with E-state index in [-0.39, 0.29) is 5.75 Å². The summed E-state index contributed by atoms with van der Waals surface area (Å²) in [6, 6.07) is 4.70. The van der Waals surface area contributed by atoms with Gasteiger partial charge in [-0.15, -0.1) is 0 Å². The Kier molecular flexibility index (Phi) is 2.02. The van der Waals surface area contributed by atoms with Gasteiger partial charge < -0.3 is 15.2 Å². The summed E-state index contributed by atoms with van der Waals surface area (Å²) < 4.78 is 0. The molecular weight excluding hydrogens is 167 g/mol. The second-order valence-electron chi connectivity index (χ2n) is 3.47. The van der Waals surface area contributed by atoms with Gasteiger partial charge in [0.15, 0.2) is 0 Å². The second-order valence-corrected chi connectivity index (χ2v) is 3.47. The van der Waals surface area contributed by atoms with Gasteiger partial charge in [0.2, 0.25) is 0 Å². The third-order valence-corrected chi connectivity index (χ3v) is 2.37. The second kappa shape index (κ2) is 3.05. The Morgan fingerprint density at radius 3 is 2.46 bits per heavy atom. The van der Waals surface area contributed by atoms with Gasteiger partial charge in [0, 0.05) is 0 Å². The van der Waals surface area contributed by atoms with Gasteiger partial charge in [-0.05, 0) is 35.9 Å². The molecule has 1 aliphatic carbocycles. The molecule has 13 heavy (non-hydrogen) atoms. The van der Waals surface area contributed by atoms with Crippen LogP contribution in [-0.2, 0) is 0 Å². The minimum Gasteiger partial charge on any atom is -0.508 e. The molecule has 2 rings (SSSR count). The molecule has 0 saturated heterocycles. The monoisotopic (exact) mass is 178 g/mol. The van der Waals surface area contributed by atoms with Crippen LogP contribution in [0.4, 0.5) is 0 Å². The Morgan fingerprint density at radius 2 is 1.92 bits per heavy atom. The first kappa shape index (κ1) is 8.60. The van der Waals surface area contributed by atoms with Crippen LogP contribution in [0.15, 0.2) is 18.2 Å². The highest BCUT2D eigenvalue weighted by Crippen LogP contribution is 2.43. The normalized spacial score (nSPS) is 15.8. The van der Waals surface area contributed by atoms with Crippen LogP contribution in [0, 0.1) is 0 Å². The fraction of sp³-hybridized carbons (Fsp3) is 0.333. The first-order chi connectivity index (χ1) is 6.18. The molecule has 0 atom stereocenters. The predicted molar refractivity (Wildman–Crippen MR) is 49.9 cm³/mol. The van der Waals surface area contributed by atoms with Crippen LogP contribution >= 0.6 is 0 Å². The average Bonchev–Trinajstić information content (AvgIpc) is 2.87. The van der Waals surface area contributed by atoms with Gasteiger partial charge in [-0.3, -0.25) is 0 Å². The van der Waals surface area contributed by atoms with Crippen LogP contribution in [0.2, 0.25) is 0 Å². The maximum atomic E-state index is 9.46. The molecule has 0 bridgehead atoms. The molecule has 0 aliphatic heterocycles. The number of phenols is 1. The number of hydrogen-bond donors (Lipinski definition) is 3. The summed E-state index contributed by atoms with van der Waals surface area (Å²) in [6.07, 6.45) is 2.16. The highest BCUT2D eigenvalue weighted by atomic mass is 16.4. The van der Waals surface area contributed by atoms with E-state index in [1.807, 2.05) is 0 Å². The lowest BCUT2D eigenvalue weighted by atomic mass is 9.79. The van der Waals surface area contributed by atoms with Gasteiger partial charge in [0.05, 0.1) is 0 Å². The Balaban J connectivity index is 2.36. The van der Waals surface area contributed by atoms with E-state index < -0.39 is 7.12 Å². The molecule has 0 aromatic heterocycles. The molecule has 0 spiro atoms. The van der Waals surface area contributed by atoms with Crippen LogP contribution in [0.5, 0.6) is 5.75 Å². The molecule has 4 heteroatoms. The lowest BCUT2D eigenvalue weighted by Gasteiger charge is -2.05. The predicted octanol–water partition coefficient (Wildman–Crippen LogP) is -0.0506. The van der Waals surface area contributed by atoms with Crippen LogP contribution in [0.1, 0.15) is 24.3 Å². The molecule has 68 valence electrons. The van der Waals surface area contributed by atoms with E-state index in [0.29, 0.717) is 11.4 Å². The fourth-order valence-electron chi connectivity index (χ4n) is 1.45. The van der Waals surface area contributed by atoms with E-state index in [4.69, 9.17) is 10.0 Å². The summed E-state index contributed by atoms with van der Waals surface area (Å²) in [5.41, 5.74) is 1.28. The standard InChI is InChI=1S/C9H11BO3/c11-9-4-3-7(10(12)13)5-8(9)6-1-2-6/h3-6,11-13H,1-2H2. The van der Waals surface area contributed by atoms with Crippen molar-refractivity contribution in [3.63, 3.8) is 0 Å². The molecule has 1 fully saturated rings. The lowest BCUT2D eigenvalue weighted by molar-refractivity contribution is 0.425. The molecule has 0 unspecified atom stereocenters. The summed E-state index contributed by atoms with van der Waals surface area (Å²) in [6.45, 7) is 0. The summed E-state index contributed by atoms with van der Waals surface area (Å²) in [7, 11) is -1.45. The molecule has 1 aromatic rings. The smallest absolute Gasteiger partial charge is 0.488 e. The Morgan fingerprint density at radius 1 is 1.23 bits per heavy atom. The molecule has 0 heterocycles. The van der Waals surface area contributed by atoms with E-state index in [1.54, 1.807) is 6.07 Å². The van der Waals surface area contributed by atoms with Gasteiger partial charge in [0.25, 0.3) is 0 Å². The van der Waals surface area contributed by atoms with E-state index in [2.05, 4.69) is 0 Å². The van der Waals surface area contributed by atoms with Crippen molar-refractivity contribution in [1.82, 2.24) is 0 Å². The lowest BCUT2D eigenvalue weighted by Crippen LogP contribution is -2.29. The van der Waals surface area contributed by atoms with Crippen molar-refractivity contribution in [1.29, 1.82) is 0 Å². The van der Waals surface area contributed by atoms with Gasteiger partial charge in [-0.25, -0.2) is 0 Å². The van der Waals surface area contributed by atoms with Crippen molar-refractivity contribution in [2.24, 2.45) is 0 Å². The zero-order valence-corrected chi connectivity index (χ0v) is 7.14. The topological polar surface area (TPSA) is 60.7 Å². The van der Waals surface area contributed by atoms with Crippen molar-refractivity contribution in [2.45, 2.75) is 18.8 Å². The minimum atomic E-state index is -1.45. The van der Waals surface area contributed by atoms with Gasteiger partial charge in [0.1, 0.15) is 5.75 Å². The van der Waals surface area contributed by atoms with Gasteiger partial charge >= 0.3 is 7.12 Å². The molecule has 0 amide bonds. The SMILES string of the molecule is OB(O)c1ccc(O)c(C2CC2)c1. The first-order valence-electron chi connectivity index (χ1n) is 4.37. The molecule has 3 N–H and O–H groups in total. The van der Waals surface area contributed by atoms with E-state index in [9.17, 15) is 5.11 Å². The molecule has 0 radical (unpaired) electrons. The van der Waals surface area contributed by atoms with Gasteiger partial charge in [-0.1, -0.05) is 12.1 Å². The zero-order valence-electron chi connectivity index (χ0n) is 7.14. The van der Waals surface area contributed by atoms with Crippen LogP contribution in [-0.4, -0.2) is 22.3 Å². The molecule has 1 aromatic carbocycles. The van der Waals surface area contributed by atoms with Crippen LogP contribution < -0.4 is 5.46 Å². The van der Waals surface area contributed by atoms with E-state index >= 15 is 0 Å². The molecular formula is C9H11BO3. The summed E-state index contributed by atoms with van der Waals surface area (Å²) in [4.78, 5) is 0. The summed E-state index contributed by atoms with van der Waals surface area (Å²) >= 11 is 0. The summed E-state index contributed by atoms with van der Waals surface area (Å²) in [5.74, 6) is 0.672.